The molecule has 20 heavy (non-hydrogen) atoms. The largest absolute Gasteiger partial charge is 0.507 e. The van der Waals surface area contributed by atoms with Crippen molar-refractivity contribution in [1.82, 2.24) is 5.32 Å². The van der Waals surface area contributed by atoms with Gasteiger partial charge in [0.15, 0.2) is 0 Å². The second-order valence-electron chi connectivity index (χ2n) is 5.00. The standard InChI is InChI=1S/C14H16N2O4/c1-6-4-9(5-7(2)12(6)17)11-10(13(18)19)8(3)15-14(20)16-11/h4-5,10-11,17H,1-3H3,(H,16,20)(H,18,19). The maximum atomic E-state index is 11.5. The van der Waals surface area contributed by atoms with Gasteiger partial charge in [-0.1, -0.05) is 12.1 Å². The van der Waals surface area contributed by atoms with Gasteiger partial charge in [0.1, 0.15) is 11.7 Å². The first kappa shape index (κ1) is 14.0. The number of nitrogens with one attached hydrogen (secondary N) is 1. The van der Waals surface area contributed by atoms with Crippen molar-refractivity contribution in [1.29, 1.82) is 0 Å². The Morgan fingerprint density at radius 1 is 1.25 bits per heavy atom. The van der Waals surface area contributed by atoms with E-state index in [0.717, 1.165) is 0 Å². The number of hydrogen-bond acceptors (Lipinski definition) is 3. The second-order valence-corrected chi connectivity index (χ2v) is 5.00. The first-order valence-electron chi connectivity index (χ1n) is 6.20. The topological polar surface area (TPSA) is 99.0 Å². The number of carbonyl (C=O) groups is 2. The van der Waals surface area contributed by atoms with Crippen molar-refractivity contribution in [3.63, 3.8) is 0 Å². The van der Waals surface area contributed by atoms with E-state index in [0.29, 0.717) is 16.7 Å². The maximum absolute atomic E-state index is 11.5. The number of phenols is 1. The molecular weight excluding hydrogens is 260 g/mol. The van der Waals surface area contributed by atoms with Crippen LogP contribution in [0.1, 0.15) is 29.7 Å². The summed E-state index contributed by atoms with van der Waals surface area (Å²) in [6.45, 7) is 4.99. The molecule has 0 saturated heterocycles. The molecule has 6 heteroatoms. The van der Waals surface area contributed by atoms with E-state index >= 15 is 0 Å². The van der Waals surface area contributed by atoms with Crippen LogP contribution in [0.25, 0.3) is 0 Å². The molecule has 2 rings (SSSR count). The molecule has 1 aromatic carbocycles. The van der Waals surface area contributed by atoms with Crippen molar-refractivity contribution in [2.45, 2.75) is 26.8 Å². The molecule has 0 saturated carbocycles. The van der Waals surface area contributed by atoms with E-state index in [1.165, 1.54) is 6.92 Å². The van der Waals surface area contributed by atoms with Gasteiger partial charge in [0.25, 0.3) is 0 Å². The summed E-state index contributed by atoms with van der Waals surface area (Å²) in [7, 11) is 0. The van der Waals surface area contributed by atoms with Crippen LogP contribution in [0.3, 0.4) is 0 Å². The average Bonchev–Trinajstić information content (AvgIpc) is 2.33. The number of aromatic hydroxyl groups is 1. The summed E-state index contributed by atoms with van der Waals surface area (Å²) in [5, 5.41) is 21.7. The van der Waals surface area contributed by atoms with Crippen molar-refractivity contribution in [3.8, 4) is 5.75 Å². The quantitative estimate of drug-likeness (QED) is 0.768. The number of phenolic OH excluding ortho intramolecular Hbond substituents is 1. The average molecular weight is 276 g/mol. The lowest BCUT2D eigenvalue weighted by Gasteiger charge is -2.29. The number of amides is 2. The van der Waals surface area contributed by atoms with Gasteiger partial charge >= 0.3 is 12.0 Å². The molecule has 2 unspecified atom stereocenters. The Hall–Kier alpha value is -2.37. The Kier molecular flexibility index (Phi) is 3.48. The van der Waals surface area contributed by atoms with Crippen LogP contribution in [-0.4, -0.2) is 27.9 Å². The van der Waals surface area contributed by atoms with Crippen LogP contribution in [0.2, 0.25) is 0 Å². The van der Waals surface area contributed by atoms with Gasteiger partial charge in [-0.3, -0.25) is 4.79 Å². The van der Waals surface area contributed by atoms with Gasteiger partial charge < -0.3 is 15.5 Å². The smallest absolute Gasteiger partial charge is 0.341 e. The number of hydrogen-bond donors (Lipinski definition) is 3. The van der Waals surface area contributed by atoms with Gasteiger partial charge in [-0.2, -0.15) is 0 Å². The molecule has 1 aromatic rings. The molecular formula is C14H16N2O4. The van der Waals surface area contributed by atoms with E-state index < -0.39 is 24.0 Å². The number of aryl methyl sites for hydroxylation is 2. The summed E-state index contributed by atoms with van der Waals surface area (Å²) in [6, 6.07) is 2.13. The molecule has 0 aromatic heterocycles. The summed E-state index contributed by atoms with van der Waals surface area (Å²) in [5.41, 5.74) is 2.19. The van der Waals surface area contributed by atoms with E-state index in [9.17, 15) is 19.8 Å². The molecule has 0 fully saturated rings. The Balaban J connectivity index is 2.52. The molecule has 6 nitrogen and oxygen atoms in total. The van der Waals surface area contributed by atoms with E-state index in [-0.39, 0.29) is 11.5 Å². The Labute approximate surface area is 116 Å². The number of carboxylic acid groups (broad SMARTS) is 1. The van der Waals surface area contributed by atoms with E-state index in [2.05, 4.69) is 10.3 Å². The summed E-state index contributed by atoms with van der Waals surface area (Å²) >= 11 is 0. The number of aliphatic carboxylic acids is 1. The fourth-order valence-electron chi connectivity index (χ4n) is 2.49. The van der Waals surface area contributed by atoms with Crippen LogP contribution in [-0.2, 0) is 4.79 Å². The molecule has 1 heterocycles. The third kappa shape index (κ3) is 2.36. The van der Waals surface area contributed by atoms with E-state index in [4.69, 9.17) is 0 Å². The van der Waals surface area contributed by atoms with Gasteiger partial charge in [0.05, 0.1) is 6.04 Å². The fourth-order valence-corrected chi connectivity index (χ4v) is 2.49. The molecule has 0 radical (unpaired) electrons. The first-order valence-corrected chi connectivity index (χ1v) is 6.20. The summed E-state index contributed by atoms with van der Waals surface area (Å²) in [5.74, 6) is -1.77. The number of nitrogens with zero attached hydrogens (tertiary/aromatic N) is 1. The highest BCUT2D eigenvalue weighted by atomic mass is 16.4. The van der Waals surface area contributed by atoms with Crippen LogP contribution in [0, 0.1) is 19.8 Å². The van der Waals surface area contributed by atoms with Crippen molar-refractivity contribution in [3.05, 3.63) is 28.8 Å². The first-order chi connectivity index (χ1) is 9.31. The number of urea groups is 1. The van der Waals surface area contributed by atoms with Crippen LogP contribution in [0.5, 0.6) is 5.75 Å². The predicted molar refractivity (Wildman–Crippen MR) is 73.1 cm³/mol. The Morgan fingerprint density at radius 3 is 2.30 bits per heavy atom. The van der Waals surface area contributed by atoms with Crippen molar-refractivity contribution in [2.24, 2.45) is 10.9 Å². The predicted octanol–water partition coefficient (Wildman–Crippen LogP) is 1.94. The highest BCUT2D eigenvalue weighted by molar-refractivity contribution is 6.07. The lowest BCUT2D eigenvalue weighted by atomic mass is 9.87. The van der Waals surface area contributed by atoms with E-state index in [1.54, 1.807) is 26.0 Å². The molecule has 3 N–H and O–H groups in total. The van der Waals surface area contributed by atoms with Gasteiger partial charge in [0, 0.05) is 5.71 Å². The molecule has 0 aliphatic carbocycles. The van der Waals surface area contributed by atoms with Crippen molar-refractivity contribution in [2.75, 3.05) is 0 Å². The Bertz CT molecular complexity index is 599. The van der Waals surface area contributed by atoms with Crippen LogP contribution in [0.15, 0.2) is 17.1 Å². The summed E-state index contributed by atoms with van der Waals surface area (Å²) < 4.78 is 0. The fraction of sp³-hybridized carbons (Fsp3) is 0.357. The third-order valence-electron chi connectivity index (χ3n) is 3.48. The molecule has 0 spiro atoms. The third-order valence-corrected chi connectivity index (χ3v) is 3.48. The van der Waals surface area contributed by atoms with E-state index in [1.807, 2.05) is 0 Å². The molecule has 1 aliphatic rings. The summed E-state index contributed by atoms with van der Waals surface area (Å²) in [4.78, 5) is 26.6. The van der Waals surface area contributed by atoms with Gasteiger partial charge in [-0.15, -0.1) is 0 Å². The molecule has 2 atom stereocenters. The molecule has 106 valence electrons. The minimum Gasteiger partial charge on any atom is -0.507 e. The number of benzene rings is 1. The summed E-state index contributed by atoms with van der Waals surface area (Å²) in [6.07, 6.45) is 0. The monoisotopic (exact) mass is 276 g/mol. The number of carboxylic acids is 1. The number of aliphatic imine (C=N–C) groups is 1. The zero-order chi connectivity index (χ0) is 15.0. The van der Waals surface area contributed by atoms with Gasteiger partial charge in [-0.05, 0) is 37.5 Å². The molecule has 2 amide bonds. The second kappa shape index (κ2) is 4.96. The minimum absolute atomic E-state index is 0.174. The molecule has 0 bridgehead atoms. The number of carbonyl (C=O) groups excluding carboxylic acids is 1. The van der Waals surface area contributed by atoms with Crippen LogP contribution < -0.4 is 5.32 Å². The lowest BCUT2D eigenvalue weighted by molar-refractivity contribution is -0.140. The van der Waals surface area contributed by atoms with Gasteiger partial charge in [0.2, 0.25) is 0 Å². The maximum Gasteiger partial charge on any atom is 0.341 e. The zero-order valence-electron chi connectivity index (χ0n) is 11.5. The zero-order valence-corrected chi connectivity index (χ0v) is 11.5. The van der Waals surface area contributed by atoms with Crippen LogP contribution in [0.4, 0.5) is 4.79 Å². The Morgan fingerprint density at radius 2 is 1.80 bits per heavy atom. The minimum atomic E-state index is -1.04. The highest BCUT2D eigenvalue weighted by Gasteiger charge is 2.37. The van der Waals surface area contributed by atoms with Crippen LogP contribution >= 0.6 is 0 Å². The number of rotatable bonds is 2. The van der Waals surface area contributed by atoms with Crippen molar-refractivity contribution < 1.29 is 19.8 Å². The normalized spacial score (nSPS) is 22.1. The van der Waals surface area contributed by atoms with Crippen molar-refractivity contribution >= 4 is 17.7 Å². The lowest BCUT2D eigenvalue weighted by Crippen LogP contribution is -2.43. The van der Waals surface area contributed by atoms with Gasteiger partial charge in [-0.25, -0.2) is 9.79 Å². The highest BCUT2D eigenvalue weighted by Crippen LogP contribution is 2.32. The molecule has 1 aliphatic heterocycles. The SMILES string of the molecule is CC1=NC(=O)NC(c2cc(C)c(O)c(C)c2)C1C(=O)O.